The number of urea groups is 1. The lowest BCUT2D eigenvalue weighted by atomic mass is 10.1. The molecule has 2 N–H and O–H groups in total. The lowest BCUT2D eigenvalue weighted by Crippen LogP contribution is -2.32. The Morgan fingerprint density at radius 1 is 1.15 bits per heavy atom. The molecule has 2 heterocycles. The molecule has 1 unspecified atom stereocenters. The van der Waals surface area contributed by atoms with Gasteiger partial charge in [0.2, 0.25) is 5.91 Å². The standard InChI is InChI=1S/C15H15F2N3O3.C3H6/c16-13(17)8-1-2-9-6-20(7-10(9)5-8)12(21)4-3-11-14(22)19-15(23)18-11;1-2-3-1/h1-2,5,11,13H,3-4,6-7H2,(H2,18,19,22,23);1-3H2. The third kappa shape index (κ3) is 4.56. The number of halogens is 2. The highest BCUT2D eigenvalue weighted by Crippen LogP contribution is 2.28. The summed E-state index contributed by atoms with van der Waals surface area (Å²) in [6.07, 6.45) is 2.29. The lowest BCUT2D eigenvalue weighted by Gasteiger charge is -2.16. The minimum Gasteiger partial charge on any atom is -0.334 e. The van der Waals surface area contributed by atoms with Crippen molar-refractivity contribution in [1.29, 1.82) is 0 Å². The number of carbonyl (C=O) groups is 3. The van der Waals surface area contributed by atoms with Gasteiger partial charge >= 0.3 is 6.03 Å². The molecule has 4 amide bonds. The van der Waals surface area contributed by atoms with E-state index in [2.05, 4.69) is 10.6 Å². The first-order chi connectivity index (χ1) is 12.4. The maximum atomic E-state index is 12.7. The zero-order chi connectivity index (χ0) is 18.7. The number of imide groups is 1. The van der Waals surface area contributed by atoms with Crippen LogP contribution in [0.25, 0.3) is 0 Å². The van der Waals surface area contributed by atoms with Crippen molar-refractivity contribution in [2.75, 3.05) is 0 Å². The molecule has 1 aromatic rings. The first-order valence-electron chi connectivity index (χ1n) is 8.73. The van der Waals surface area contributed by atoms with Crippen LogP contribution in [0, 0.1) is 0 Å². The molecule has 2 aliphatic heterocycles. The highest BCUT2D eigenvalue weighted by atomic mass is 19.3. The number of amides is 4. The summed E-state index contributed by atoms with van der Waals surface area (Å²) in [5, 5.41) is 4.54. The van der Waals surface area contributed by atoms with Gasteiger partial charge in [-0.1, -0.05) is 31.4 Å². The Balaban J connectivity index is 0.000000592. The predicted molar refractivity (Wildman–Crippen MR) is 89.2 cm³/mol. The third-order valence-electron chi connectivity index (χ3n) is 4.42. The molecular weight excluding hydrogens is 344 g/mol. The van der Waals surface area contributed by atoms with Gasteiger partial charge in [-0.3, -0.25) is 14.9 Å². The molecule has 4 rings (SSSR count). The Labute approximate surface area is 149 Å². The Morgan fingerprint density at radius 3 is 2.42 bits per heavy atom. The first kappa shape index (κ1) is 18.3. The van der Waals surface area contributed by atoms with Crippen molar-refractivity contribution in [3.8, 4) is 0 Å². The van der Waals surface area contributed by atoms with Gasteiger partial charge in [0, 0.05) is 25.1 Å². The van der Waals surface area contributed by atoms with E-state index in [0.717, 1.165) is 11.1 Å². The summed E-state index contributed by atoms with van der Waals surface area (Å²) in [5.41, 5.74) is 1.53. The number of alkyl halides is 2. The van der Waals surface area contributed by atoms with E-state index in [0.29, 0.717) is 6.54 Å². The maximum Gasteiger partial charge on any atom is 0.322 e. The lowest BCUT2D eigenvalue weighted by molar-refractivity contribution is -0.132. The molecule has 0 radical (unpaired) electrons. The highest BCUT2D eigenvalue weighted by molar-refractivity contribution is 6.04. The highest BCUT2D eigenvalue weighted by Gasteiger charge is 2.31. The Morgan fingerprint density at radius 2 is 1.85 bits per heavy atom. The van der Waals surface area contributed by atoms with Gasteiger partial charge in [-0.15, -0.1) is 0 Å². The largest absolute Gasteiger partial charge is 0.334 e. The van der Waals surface area contributed by atoms with Crippen LogP contribution in [0.3, 0.4) is 0 Å². The van der Waals surface area contributed by atoms with Crippen molar-refractivity contribution >= 4 is 17.8 Å². The second kappa shape index (κ2) is 7.80. The van der Waals surface area contributed by atoms with E-state index in [1.54, 1.807) is 11.0 Å². The van der Waals surface area contributed by atoms with Gasteiger partial charge in [-0.25, -0.2) is 13.6 Å². The molecule has 0 aromatic heterocycles. The number of rotatable bonds is 4. The molecule has 1 aromatic carbocycles. The zero-order valence-electron chi connectivity index (χ0n) is 14.3. The number of fused-ring (bicyclic) bond motifs is 1. The Kier molecular flexibility index (Phi) is 5.49. The quantitative estimate of drug-likeness (QED) is 0.805. The van der Waals surface area contributed by atoms with Gasteiger partial charge < -0.3 is 10.2 Å². The van der Waals surface area contributed by atoms with Crippen LogP contribution in [0.4, 0.5) is 13.6 Å². The fraction of sp³-hybridized carbons (Fsp3) is 0.500. The summed E-state index contributed by atoms with van der Waals surface area (Å²) in [7, 11) is 0. The van der Waals surface area contributed by atoms with Crippen LogP contribution in [-0.4, -0.2) is 28.8 Å². The van der Waals surface area contributed by atoms with Gasteiger partial charge in [-0.2, -0.15) is 0 Å². The number of hydrogen-bond donors (Lipinski definition) is 2. The van der Waals surface area contributed by atoms with Crippen molar-refractivity contribution < 1.29 is 23.2 Å². The van der Waals surface area contributed by atoms with Gasteiger partial charge in [0.15, 0.2) is 0 Å². The molecule has 1 saturated carbocycles. The molecule has 0 bridgehead atoms. The Hall–Kier alpha value is -2.51. The summed E-state index contributed by atoms with van der Waals surface area (Å²) >= 11 is 0. The van der Waals surface area contributed by atoms with Crippen molar-refractivity contribution in [3.63, 3.8) is 0 Å². The van der Waals surface area contributed by atoms with Crippen molar-refractivity contribution in [1.82, 2.24) is 15.5 Å². The van der Waals surface area contributed by atoms with Gasteiger partial charge in [0.25, 0.3) is 12.3 Å². The van der Waals surface area contributed by atoms with E-state index in [1.165, 1.54) is 31.4 Å². The van der Waals surface area contributed by atoms with Crippen molar-refractivity contribution in [3.05, 3.63) is 34.9 Å². The van der Waals surface area contributed by atoms with E-state index in [4.69, 9.17) is 0 Å². The number of nitrogens with one attached hydrogen (secondary N) is 2. The fourth-order valence-corrected chi connectivity index (χ4v) is 2.81. The third-order valence-corrected chi connectivity index (χ3v) is 4.42. The first-order valence-corrected chi connectivity index (χ1v) is 8.73. The van der Waals surface area contributed by atoms with Crippen LogP contribution in [-0.2, 0) is 22.7 Å². The monoisotopic (exact) mass is 365 g/mol. The molecule has 1 aliphatic carbocycles. The van der Waals surface area contributed by atoms with Crippen molar-refractivity contribution in [2.24, 2.45) is 0 Å². The number of benzene rings is 1. The van der Waals surface area contributed by atoms with Crippen LogP contribution < -0.4 is 10.6 Å². The number of carbonyl (C=O) groups excluding carboxylic acids is 3. The van der Waals surface area contributed by atoms with E-state index < -0.39 is 24.4 Å². The summed E-state index contributed by atoms with van der Waals surface area (Å²) < 4.78 is 25.4. The predicted octanol–water partition coefficient (Wildman–Crippen LogP) is 2.62. The topological polar surface area (TPSA) is 78.5 Å². The molecule has 8 heteroatoms. The van der Waals surface area contributed by atoms with E-state index in [-0.39, 0.29) is 30.9 Å². The molecule has 0 spiro atoms. The minimum absolute atomic E-state index is 0.0524. The van der Waals surface area contributed by atoms with Crippen LogP contribution in [0.1, 0.15) is 55.2 Å². The molecule has 140 valence electrons. The minimum atomic E-state index is -2.53. The number of nitrogens with zero attached hydrogens (tertiary/aromatic N) is 1. The average molecular weight is 365 g/mol. The van der Waals surface area contributed by atoms with Crippen LogP contribution in [0.2, 0.25) is 0 Å². The molecule has 1 saturated heterocycles. The summed E-state index contributed by atoms with van der Waals surface area (Å²) in [6, 6.07) is 3.17. The normalized spacial score (nSPS) is 20.3. The Bertz CT molecular complexity index is 719. The molecule has 3 aliphatic rings. The maximum absolute atomic E-state index is 12.7. The van der Waals surface area contributed by atoms with Gasteiger partial charge in [-0.05, 0) is 23.6 Å². The van der Waals surface area contributed by atoms with Crippen LogP contribution >= 0.6 is 0 Å². The molecular formula is C18H21F2N3O3. The molecule has 6 nitrogen and oxygen atoms in total. The summed E-state index contributed by atoms with van der Waals surface area (Å²) in [6.45, 7) is 0.666. The van der Waals surface area contributed by atoms with Crippen molar-refractivity contribution in [2.45, 2.75) is 57.7 Å². The SMILES string of the molecule is C1CC1.O=C1NC(=O)C(CCC(=O)N2Cc3ccc(C(F)F)cc3C2)N1. The zero-order valence-corrected chi connectivity index (χ0v) is 14.3. The van der Waals surface area contributed by atoms with E-state index in [1.807, 2.05) is 0 Å². The molecule has 2 fully saturated rings. The van der Waals surface area contributed by atoms with Crippen LogP contribution in [0.15, 0.2) is 18.2 Å². The second-order valence-corrected chi connectivity index (χ2v) is 6.69. The van der Waals surface area contributed by atoms with Gasteiger partial charge in [0.05, 0.1) is 0 Å². The average Bonchev–Trinajstić information content (AvgIpc) is 3.36. The van der Waals surface area contributed by atoms with Crippen LogP contribution in [0.5, 0.6) is 0 Å². The summed E-state index contributed by atoms with van der Waals surface area (Å²) in [4.78, 5) is 36.2. The summed E-state index contributed by atoms with van der Waals surface area (Å²) in [5.74, 6) is -0.608. The van der Waals surface area contributed by atoms with E-state index >= 15 is 0 Å². The van der Waals surface area contributed by atoms with Gasteiger partial charge in [0.1, 0.15) is 6.04 Å². The number of hydrogen-bond acceptors (Lipinski definition) is 3. The fourth-order valence-electron chi connectivity index (χ4n) is 2.81. The second-order valence-electron chi connectivity index (χ2n) is 6.69. The smallest absolute Gasteiger partial charge is 0.322 e. The molecule has 26 heavy (non-hydrogen) atoms. The van der Waals surface area contributed by atoms with E-state index in [9.17, 15) is 23.2 Å². The molecule has 1 atom stereocenters.